The molecule has 0 saturated heterocycles. The van der Waals surface area contributed by atoms with Crippen molar-refractivity contribution < 1.29 is 0 Å². The Bertz CT molecular complexity index is 555. The molecule has 2 rings (SSSR count). The van der Waals surface area contributed by atoms with Gasteiger partial charge in [-0.15, -0.1) is 0 Å². The van der Waals surface area contributed by atoms with Crippen molar-refractivity contribution >= 4 is 5.69 Å². The van der Waals surface area contributed by atoms with E-state index >= 15 is 0 Å². The van der Waals surface area contributed by atoms with Gasteiger partial charge >= 0.3 is 0 Å². The fourth-order valence-corrected chi connectivity index (χ4v) is 1.67. The van der Waals surface area contributed by atoms with Crippen LogP contribution in [0.2, 0.25) is 0 Å². The summed E-state index contributed by atoms with van der Waals surface area (Å²) in [6.07, 6.45) is 0. The number of hydrogen-bond donors (Lipinski definition) is 0. The van der Waals surface area contributed by atoms with Crippen molar-refractivity contribution in [1.82, 2.24) is 0 Å². The van der Waals surface area contributed by atoms with E-state index in [1.807, 2.05) is 49.4 Å². The summed E-state index contributed by atoms with van der Waals surface area (Å²) in [6, 6.07) is 15.7. The molecule has 16 heavy (non-hydrogen) atoms. The molecule has 3 nitrogen and oxygen atoms in total. The molecule has 0 bridgehead atoms. The van der Waals surface area contributed by atoms with E-state index in [-0.39, 0.29) is 0 Å². The molecule has 0 saturated carbocycles. The van der Waals surface area contributed by atoms with Gasteiger partial charge in [-0.05, 0) is 23.6 Å². The van der Waals surface area contributed by atoms with E-state index in [1.165, 1.54) is 5.56 Å². The van der Waals surface area contributed by atoms with Crippen LogP contribution >= 0.6 is 0 Å². The zero-order valence-electron chi connectivity index (χ0n) is 8.96. The lowest BCUT2D eigenvalue weighted by atomic mass is 10.0. The third kappa shape index (κ3) is 2.05. The molecule has 78 valence electrons. The molecule has 0 aliphatic carbocycles. The first kappa shape index (κ1) is 10.3. The van der Waals surface area contributed by atoms with Gasteiger partial charge in [0.05, 0.1) is 0 Å². The van der Waals surface area contributed by atoms with Gasteiger partial charge in [-0.2, -0.15) is 0 Å². The molecule has 0 fully saturated rings. The third-order valence-corrected chi connectivity index (χ3v) is 2.39. The summed E-state index contributed by atoms with van der Waals surface area (Å²) in [5.74, 6) is 0. The minimum absolute atomic E-state index is 0.663. The lowest BCUT2D eigenvalue weighted by molar-refractivity contribution is 1.44. The Hall–Kier alpha value is -2.25. The van der Waals surface area contributed by atoms with Gasteiger partial charge < -0.3 is 0 Å². The molecule has 0 radical (unpaired) electrons. The molecule has 0 amide bonds. The Labute approximate surface area is 94.0 Å². The fraction of sp³-hybridized carbons (Fsp3) is 0.0769. The zero-order valence-corrected chi connectivity index (χ0v) is 8.96. The van der Waals surface area contributed by atoms with E-state index in [0.717, 1.165) is 11.1 Å². The summed E-state index contributed by atoms with van der Waals surface area (Å²) in [7, 11) is 0. The van der Waals surface area contributed by atoms with Crippen molar-refractivity contribution in [2.24, 2.45) is 5.11 Å². The molecule has 0 spiro atoms. The minimum Gasteiger partial charge on any atom is -0.0618 e. The Morgan fingerprint density at radius 2 is 1.88 bits per heavy atom. The lowest BCUT2D eigenvalue weighted by Gasteiger charge is -2.05. The molecule has 2 aromatic carbocycles. The van der Waals surface area contributed by atoms with E-state index in [1.54, 1.807) is 0 Å². The highest BCUT2D eigenvalue weighted by atomic mass is 15.1. The van der Waals surface area contributed by atoms with E-state index < -0.39 is 0 Å². The molecule has 2 aromatic rings. The second-order valence-electron chi connectivity index (χ2n) is 3.58. The number of nitrogens with zero attached hydrogens (tertiary/aromatic N) is 3. The number of aryl methyl sites for hydroxylation is 1. The Kier molecular flexibility index (Phi) is 2.90. The molecular weight excluding hydrogens is 198 g/mol. The smallest absolute Gasteiger partial charge is 0.0453 e. The molecule has 0 aromatic heterocycles. The molecule has 0 heterocycles. The molecular formula is C13H11N3. The highest BCUT2D eigenvalue weighted by Gasteiger charge is 2.02. The Morgan fingerprint density at radius 1 is 1.06 bits per heavy atom. The summed E-state index contributed by atoms with van der Waals surface area (Å²) >= 11 is 0. The second kappa shape index (κ2) is 4.51. The molecule has 0 N–H and O–H groups in total. The van der Waals surface area contributed by atoms with Crippen LogP contribution in [0.15, 0.2) is 53.6 Å². The normalized spacial score (nSPS) is 9.56. The van der Waals surface area contributed by atoms with E-state index in [4.69, 9.17) is 5.53 Å². The summed E-state index contributed by atoms with van der Waals surface area (Å²) in [5, 5.41) is 3.69. The quantitative estimate of drug-likeness (QED) is 0.394. The van der Waals surface area contributed by atoms with Crippen LogP contribution in [0.5, 0.6) is 0 Å². The second-order valence-corrected chi connectivity index (χ2v) is 3.58. The van der Waals surface area contributed by atoms with Crippen LogP contribution in [0, 0.1) is 6.92 Å². The van der Waals surface area contributed by atoms with E-state index in [9.17, 15) is 0 Å². The van der Waals surface area contributed by atoms with Crippen molar-refractivity contribution in [3.8, 4) is 11.1 Å². The van der Waals surface area contributed by atoms with E-state index in [0.29, 0.717) is 5.69 Å². The monoisotopic (exact) mass is 209 g/mol. The van der Waals surface area contributed by atoms with Gasteiger partial charge in [0.15, 0.2) is 0 Å². The summed E-state index contributed by atoms with van der Waals surface area (Å²) in [4.78, 5) is 2.84. The molecule has 0 aliphatic rings. The number of rotatable bonds is 2. The predicted octanol–water partition coefficient (Wildman–Crippen LogP) is 4.60. The first-order valence-electron chi connectivity index (χ1n) is 5.02. The molecule has 0 unspecified atom stereocenters. The van der Waals surface area contributed by atoms with Gasteiger partial charge in [-0.1, -0.05) is 59.2 Å². The number of benzene rings is 2. The summed E-state index contributed by atoms with van der Waals surface area (Å²) in [6.45, 7) is 2.04. The van der Waals surface area contributed by atoms with Crippen LogP contribution in [0.1, 0.15) is 5.56 Å². The predicted molar refractivity (Wildman–Crippen MR) is 65.4 cm³/mol. The first-order valence-corrected chi connectivity index (χ1v) is 5.02. The SMILES string of the molecule is Cc1cccc(-c2ccccc2N=[N+]=[N-])c1. The highest BCUT2D eigenvalue weighted by Crippen LogP contribution is 2.30. The largest absolute Gasteiger partial charge is 0.0618 e. The van der Waals surface area contributed by atoms with Crippen LogP contribution in [-0.2, 0) is 0 Å². The molecule has 0 aliphatic heterocycles. The molecule has 3 heteroatoms. The van der Waals surface area contributed by atoms with Crippen molar-refractivity contribution in [2.45, 2.75) is 6.92 Å². The Morgan fingerprint density at radius 3 is 2.62 bits per heavy atom. The minimum atomic E-state index is 0.663. The summed E-state index contributed by atoms with van der Waals surface area (Å²) in [5.41, 5.74) is 12.4. The number of azide groups is 1. The first-order chi connectivity index (χ1) is 7.81. The molecule has 0 atom stereocenters. The van der Waals surface area contributed by atoms with Crippen LogP contribution in [0.25, 0.3) is 21.6 Å². The third-order valence-electron chi connectivity index (χ3n) is 2.39. The Balaban J connectivity index is 2.59. The maximum absolute atomic E-state index is 8.50. The van der Waals surface area contributed by atoms with Gasteiger partial charge in [0.2, 0.25) is 0 Å². The van der Waals surface area contributed by atoms with Crippen LogP contribution in [-0.4, -0.2) is 0 Å². The van der Waals surface area contributed by atoms with E-state index in [2.05, 4.69) is 16.1 Å². The van der Waals surface area contributed by atoms with Crippen LogP contribution in [0.4, 0.5) is 5.69 Å². The zero-order chi connectivity index (χ0) is 11.4. The van der Waals surface area contributed by atoms with Crippen molar-refractivity contribution in [3.63, 3.8) is 0 Å². The lowest BCUT2D eigenvalue weighted by Crippen LogP contribution is -1.79. The van der Waals surface area contributed by atoms with Gasteiger partial charge in [0, 0.05) is 10.6 Å². The van der Waals surface area contributed by atoms with Gasteiger partial charge in [0.25, 0.3) is 0 Å². The van der Waals surface area contributed by atoms with Crippen molar-refractivity contribution in [2.75, 3.05) is 0 Å². The topological polar surface area (TPSA) is 48.8 Å². The maximum atomic E-state index is 8.50. The fourth-order valence-electron chi connectivity index (χ4n) is 1.67. The van der Waals surface area contributed by atoms with Crippen LogP contribution in [0.3, 0.4) is 0 Å². The van der Waals surface area contributed by atoms with Gasteiger partial charge in [-0.25, -0.2) is 0 Å². The van der Waals surface area contributed by atoms with Gasteiger partial charge in [-0.3, -0.25) is 0 Å². The van der Waals surface area contributed by atoms with Crippen molar-refractivity contribution in [3.05, 3.63) is 64.5 Å². The maximum Gasteiger partial charge on any atom is 0.0453 e. The number of hydrogen-bond acceptors (Lipinski definition) is 1. The average Bonchev–Trinajstić information content (AvgIpc) is 2.30. The standard InChI is InChI=1S/C13H11N3/c1-10-5-4-6-11(9-10)12-7-2-3-8-13(12)15-16-14/h2-9H,1H3. The van der Waals surface area contributed by atoms with Crippen molar-refractivity contribution in [1.29, 1.82) is 0 Å². The van der Waals surface area contributed by atoms with Crippen LogP contribution < -0.4 is 0 Å². The average molecular weight is 209 g/mol. The highest BCUT2D eigenvalue weighted by molar-refractivity contribution is 5.75. The van der Waals surface area contributed by atoms with Gasteiger partial charge in [0.1, 0.15) is 0 Å². The summed E-state index contributed by atoms with van der Waals surface area (Å²) < 4.78 is 0.